The van der Waals surface area contributed by atoms with Crippen molar-refractivity contribution in [2.24, 2.45) is 0 Å². The van der Waals surface area contributed by atoms with Gasteiger partial charge in [-0.2, -0.15) is 0 Å². The summed E-state index contributed by atoms with van der Waals surface area (Å²) >= 11 is 3.40. The molecule has 0 radical (unpaired) electrons. The van der Waals surface area contributed by atoms with Gasteiger partial charge in [0.15, 0.2) is 0 Å². The molecule has 2 unspecified atom stereocenters. The number of benzene rings is 1. The summed E-state index contributed by atoms with van der Waals surface area (Å²) in [4.78, 5) is 14.5. The molecule has 1 aromatic carbocycles. The van der Waals surface area contributed by atoms with Gasteiger partial charge in [0.25, 0.3) is 5.91 Å². The van der Waals surface area contributed by atoms with Gasteiger partial charge in [-0.25, -0.2) is 0 Å². The van der Waals surface area contributed by atoms with Gasteiger partial charge < -0.3 is 9.64 Å². The molecule has 3 nitrogen and oxygen atoms in total. The Hall–Kier alpha value is -0.870. The van der Waals surface area contributed by atoms with Crippen molar-refractivity contribution in [1.29, 1.82) is 0 Å². The van der Waals surface area contributed by atoms with Gasteiger partial charge in [0.1, 0.15) is 0 Å². The van der Waals surface area contributed by atoms with Crippen molar-refractivity contribution in [2.75, 3.05) is 13.2 Å². The standard InChI is InChI=1S/C14H18BrNO2/c1-3-13-9-18-10(2)8-16(13)14(17)11-5-4-6-12(15)7-11/h4-7,10,13H,3,8-9H2,1-2H3. The number of halogens is 1. The number of carbonyl (C=O) groups is 1. The van der Waals surface area contributed by atoms with E-state index in [9.17, 15) is 4.79 Å². The molecule has 2 rings (SSSR count). The third-order valence-corrected chi connectivity index (χ3v) is 3.76. The normalized spacial score (nSPS) is 24.1. The molecule has 98 valence electrons. The molecule has 0 aliphatic carbocycles. The molecule has 1 aromatic rings. The zero-order chi connectivity index (χ0) is 13.1. The zero-order valence-corrected chi connectivity index (χ0v) is 12.3. The molecule has 0 N–H and O–H groups in total. The Morgan fingerprint density at radius 3 is 3.00 bits per heavy atom. The number of ether oxygens (including phenoxy) is 1. The molecule has 2 atom stereocenters. The number of nitrogens with zero attached hydrogens (tertiary/aromatic N) is 1. The largest absolute Gasteiger partial charge is 0.375 e. The summed E-state index contributed by atoms with van der Waals surface area (Å²) in [5, 5.41) is 0. The van der Waals surface area contributed by atoms with Crippen molar-refractivity contribution in [3.05, 3.63) is 34.3 Å². The fraction of sp³-hybridized carbons (Fsp3) is 0.500. The number of amides is 1. The van der Waals surface area contributed by atoms with Gasteiger partial charge >= 0.3 is 0 Å². The zero-order valence-electron chi connectivity index (χ0n) is 10.7. The molecule has 1 aliphatic rings. The van der Waals surface area contributed by atoms with Gasteiger partial charge in [-0.1, -0.05) is 28.9 Å². The van der Waals surface area contributed by atoms with Crippen LogP contribution in [0.3, 0.4) is 0 Å². The number of hydrogen-bond donors (Lipinski definition) is 0. The Labute approximate surface area is 116 Å². The summed E-state index contributed by atoms with van der Waals surface area (Å²) in [7, 11) is 0. The summed E-state index contributed by atoms with van der Waals surface area (Å²) in [6.07, 6.45) is 1.04. The molecular weight excluding hydrogens is 294 g/mol. The maximum Gasteiger partial charge on any atom is 0.254 e. The predicted octanol–water partition coefficient (Wildman–Crippen LogP) is 3.09. The van der Waals surface area contributed by atoms with Crippen LogP contribution in [-0.2, 0) is 4.74 Å². The van der Waals surface area contributed by atoms with E-state index < -0.39 is 0 Å². The highest BCUT2D eigenvalue weighted by atomic mass is 79.9. The second-order valence-corrected chi connectivity index (χ2v) is 5.59. The van der Waals surface area contributed by atoms with E-state index in [1.54, 1.807) is 0 Å². The van der Waals surface area contributed by atoms with Crippen molar-refractivity contribution in [3.63, 3.8) is 0 Å². The lowest BCUT2D eigenvalue weighted by Crippen LogP contribution is -2.51. The van der Waals surface area contributed by atoms with E-state index in [1.807, 2.05) is 36.1 Å². The average Bonchev–Trinajstić information content (AvgIpc) is 2.38. The first-order chi connectivity index (χ1) is 8.61. The van der Waals surface area contributed by atoms with E-state index in [-0.39, 0.29) is 18.1 Å². The van der Waals surface area contributed by atoms with Crippen molar-refractivity contribution >= 4 is 21.8 Å². The maximum absolute atomic E-state index is 12.5. The first kappa shape index (κ1) is 13.6. The number of carbonyl (C=O) groups excluding carboxylic acids is 1. The lowest BCUT2D eigenvalue weighted by molar-refractivity contribution is -0.0444. The minimum Gasteiger partial charge on any atom is -0.375 e. The summed E-state index contributed by atoms with van der Waals surface area (Å²) in [6.45, 7) is 5.40. The molecule has 1 heterocycles. The molecule has 0 saturated carbocycles. The Kier molecular flexibility index (Phi) is 4.40. The summed E-state index contributed by atoms with van der Waals surface area (Å²) in [6, 6.07) is 7.74. The van der Waals surface area contributed by atoms with Gasteiger partial charge in [-0.15, -0.1) is 0 Å². The minimum atomic E-state index is 0.0956. The van der Waals surface area contributed by atoms with Crippen LogP contribution in [-0.4, -0.2) is 36.1 Å². The van der Waals surface area contributed by atoms with Gasteiger partial charge in [-0.3, -0.25) is 4.79 Å². The molecule has 1 amide bonds. The third kappa shape index (κ3) is 2.93. The average molecular weight is 312 g/mol. The van der Waals surface area contributed by atoms with E-state index in [0.717, 1.165) is 16.5 Å². The van der Waals surface area contributed by atoms with Crippen molar-refractivity contribution in [1.82, 2.24) is 4.90 Å². The predicted molar refractivity (Wildman–Crippen MR) is 74.7 cm³/mol. The fourth-order valence-electron chi connectivity index (χ4n) is 2.22. The van der Waals surface area contributed by atoms with E-state index >= 15 is 0 Å². The molecule has 18 heavy (non-hydrogen) atoms. The van der Waals surface area contributed by atoms with E-state index in [4.69, 9.17) is 4.74 Å². The molecular formula is C14H18BrNO2. The second-order valence-electron chi connectivity index (χ2n) is 4.67. The van der Waals surface area contributed by atoms with Crippen LogP contribution in [0.1, 0.15) is 30.6 Å². The Balaban J connectivity index is 2.20. The lowest BCUT2D eigenvalue weighted by Gasteiger charge is -2.38. The molecule has 1 fully saturated rings. The van der Waals surface area contributed by atoms with Crippen LogP contribution in [0.4, 0.5) is 0 Å². The SMILES string of the molecule is CCC1COC(C)CN1C(=O)c1cccc(Br)c1. The van der Waals surface area contributed by atoms with Gasteiger partial charge in [0.2, 0.25) is 0 Å². The second kappa shape index (κ2) is 5.85. The first-order valence-corrected chi connectivity index (χ1v) is 7.09. The Morgan fingerprint density at radius 1 is 1.56 bits per heavy atom. The minimum absolute atomic E-state index is 0.0956. The molecule has 4 heteroatoms. The smallest absolute Gasteiger partial charge is 0.254 e. The molecule has 1 aliphatic heterocycles. The summed E-state index contributed by atoms with van der Waals surface area (Å²) in [5.74, 6) is 0.0956. The van der Waals surface area contributed by atoms with Crippen molar-refractivity contribution in [2.45, 2.75) is 32.4 Å². The highest BCUT2D eigenvalue weighted by Gasteiger charge is 2.29. The highest BCUT2D eigenvalue weighted by molar-refractivity contribution is 9.10. The maximum atomic E-state index is 12.5. The first-order valence-electron chi connectivity index (χ1n) is 6.30. The molecule has 1 saturated heterocycles. The van der Waals surface area contributed by atoms with Crippen LogP contribution in [0.15, 0.2) is 28.7 Å². The van der Waals surface area contributed by atoms with Crippen LogP contribution in [0.5, 0.6) is 0 Å². The summed E-state index contributed by atoms with van der Waals surface area (Å²) in [5.41, 5.74) is 0.733. The van der Waals surface area contributed by atoms with E-state index in [0.29, 0.717) is 13.2 Å². The third-order valence-electron chi connectivity index (χ3n) is 3.27. The van der Waals surface area contributed by atoms with Crippen LogP contribution in [0, 0.1) is 0 Å². The van der Waals surface area contributed by atoms with E-state index in [1.165, 1.54) is 0 Å². The fourth-order valence-corrected chi connectivity index (χ4v) is 2.62. The molecule has 0 aromatic heterocycles. The van der Waals surface area contributed by atoms with Crippen molar-refractivity contribution < 1.29 is 9.53 Å². The topological polar surface area (TPSA) is 29.5 Å². The molecule has 0 spiro atoms. The quantitative estimate of drug-likeness (QED) is 0.840. The van der Waals surface area contributed by atoms with E-state index in [2.05, 4.69) is 22.9 Å². The lowest BCUT2D eigenvalue weighted by atomic mass is 10.1. The number of morpholine rings is 1. The van der Waals surface area contributed by atoms with Gasteiger partial charge in [0, 0.05) is 16.6 Å². The highest BCUT2D eigenvalue weighted by Crippen LogP contribution is 2.19. The molecule has 0 bridgehead atoms. The van der Waals surface area contributed by atoms with Crippen LogP contribution >= 0.6 is 15.9 Å². The monoisotopic (exact) mass is 311 g/mol. The number of rotatable bonds is 2. The number of hydrogen-bond acceptors (Lipinski definition) is 2. The van der Waals surface area contributed by atoms with Gasteiger partial charge in [-0.05, 0) is 31.5 Å². The Morgan fingerprint density at radius 2 is 2.33 bits per heavy atom. The van der Waals surface area contributed by atoms with Crippen LogP contribution in [0.25, 0.3) is 0 Å². The van der Waals surface area contributed by atoms with Crippen LogP contribution < -0.4 is 0 Å². The van der Waals surface area contributed by atoms with Crippen molar-refractivity contribution in [3.8, 4) is 0 Å². The summed E-state index contributed by atoms with van der Waals surface area (Å²) < 4.78 is 6.55. The van der Waals surface area contributed by atoms with Crippen LogP contribution in [0.2, 0.25) is 0 Å². The Bertz CT molecular complexity index is 436. The van der Waals surface area contributed by atoms with Gasteiger partial charge in [0.05, 0.1) is 18.8 Å².